The maximum Gasteiger partial charge on any atom is 0.229 e. The Morgan fingerprint density at radius 3 is 2.36 bits per heavy atom. The van der Waals surface area contributed by atoms with Crippen molar-refractivity contribution in [3.63, 3.8) is 0 Å². The van der Waals surface area contributed by atoms with Gasteiger partial charge in [0, 0.05) is 44.9 Å². The Hall–Kier alpha value is -3.15. The molecule has 3 rings (SSSR count). The summed E-state index contributed by atoms with van der Waals surface area (Å²) in [5.41, 5.74) is 3.64. The van der Waals surface area contributed by atoms with Crippen LogP contribution in [-0.2, 0) is 20.9 Å². The Kier molecular flexibility index (Phi) is 5.78. The summed E-state index contributed by atoms with van der Waals surface area (Å²) in [5.74, 6) is -0.584. The molecule has 1 atom stereocenters. The summed E-state index contributed by atoms with van der Waals surface area (Å²) in [4.78, 5) is 39.6. The number of hydrogen-bond donors (Lipinski definition) is 1. The van der Waals surface area contributed by atoms with Crippen LogP contribution in [0.3, 0.4) is 0 Å². The summed E-state index contributed by atoms with van der Waals surface area (Å²) < 4.78 is 0. The molecule has 3 amide bonds. The molecule has 0 spiro atoms. The lowest BCUT2D eigenvalue weighted by molar-refractivity contribution is -0.128. The van der Waals surface area contributed by atoms with Crippen molar-refractivity contribution in [2.45, 2.75) is 26.8 Å². The number of hydrogen-bond acceptors (Lipinski definition) is 3. The van der Waals surface area contributed by atoms with Crippen molar-refractivity contribution >= 4 is 29.1 Å². The number of nitrogens with one attached hydrogen (secondary N) is 1. The summed E-state index contributed by atoms with van der Waals surface area (Å²) in [5, 5.41) is 2.87. The smallest absolute Gasteiger partial charge is 0.229 e. The molecule has 1 saturated heterocycles. The third kappa shape index (κ3) is 4.57. The second-order valence-electron chi connectivity index (χ2n) is 7.28. The van der Waals surface area contributed by atoms with Crippen molar-refractivity contribution < 1.29 is 14.4 Å². The van der Waals surface area contributed by atoms with Crippen LogP contribution in [-0.4, -0.2) is 36.2 Å². The third-order valence-corrected chi connectivity index (χ3v) is 5.07. The Bertz CT molecular complexity index is 875. The van der Waals surface area contributed by atoms with Crippen LogP contribution in [0.1, 0.15) is 24.5 Å². The van der Waals surface area contributed by atoms with E-state index in [0.717, 1.165) is 11.3 Å². The first kappa shape index (κ1) is 19.6. The zero-order valence-electron chi connectivity index (χ0n) is 16.4. The molecule has 6 nitrogen and oxygen atoms in total. The van der Waals surface area contributed by atoms with Crippen LogP contribution in [0.25, 0.3) is 0 Å². The molecule has 1 fully saturated rings. The first-order chi connectivity index (χ1) is 13.3. The van der Waals surface area contributed by atoms with Crippen LogP contribution in [0.2, 0.25) is 0 Å². The Morgan fingerprint density at radius 2 is 1.75 bits per heavy atom. The largest absolute Gasteiger partial charge is 0.338 e. The van der Waals surface area contributed by atoms with Gasteiger partial charge in [-0.2, -0.15) is 0 Å². The highest BCUT2D eigenvalue weighted by Crippen LogP contribution is 2.23. The number of rotatable bonds is 5. The van der Waals surface area contributed by atoms with Gasteiger partial charge in [-0.1, -0.05) is 29.8 Å². The molecule has 1 aliphatic rings. The number of nitrogens with zero attached hydrogens (tertiary/aromatic N) is 2. The van der Waals surface area contributed by atoms with Crippen LogP contribution < -0.4 is 10.2 Å². The maximum absolute atomic E-state index is 12.6. The number of amides is 3. The summed E-state index contributed by atoms with van der Waals surface area (Å²) >= 11 is 0. The van der Waals surface area contributed by atoms with Gasteiger partial charge < -0.3 is 15.1 Å². The molecule has 1 aliphatic heterocycles. The van der Waals surface area contributed by atoms with Crippen molar-refractivity contribution in [1.82, 2.24) is 4.90 Å². The second kappa shape index (κ2) is 8.25. The molecule has 28 heavy (non-hydrogen) atoms. The van der Waals surface area contributed by atoms with Gasteiger partial charge in [-0.05, 0) is 36.8 Å². The van der Waals surface area contributed by atoms with E-state index in [-0.39, 0.29) is 30.1 Å². The minimum Gasteiger partial charge on any atom is -0.338 e. The molecule has 1 unspecified atom stereocenters. The van der Waals surface area contributed by atoms with Crippen molar-refractivity contribution in [3.8, 4) is 0 Å². The van der Waals surface area contributed by atoms with E-state index < -0.39 is 0 Å². The van der Waals surface area contributed by atoms with Gasteiger partial charge in [0.05, 0.1) is 5.92 Å². The summed E-state index contributed by atoms with van der Waals surface area (Å²) in [6, 6.07) is 15.1. The third-order valence-electron chi connectivity index (χ3n) is 5.07. The van der Waals surface area contributed by atoms with Crippen LogP contribution >= 0.6 is 0 Å². The predicted molar refractivity (Wildman–Crippen MR) is 109 cm³/mol. The fraction of sp³-hybridized carbons (Fsp3) is 0.318. The van der Waals surface area contributed by atoms with Crippen molar-refractivity contribution in [3.05, 3.63) is 59.7 Å². The van der Waals surface area contributed by atoms with Gasteiger partial charge in [0.25, 0.3) is 0 Å². The lowest BCUT2D eigenvalue weighted by Crippen LogP contribution is -2.28. The minimum atomic E-state index is -0.363. The molecule has 0 aromatic heterocycles. The van der Waals surface area contributed by atoms with Crippen molar-refractivity contribution in [1.29, 1.82) is 0 Å². The molecule has 0 radical (unpaired) electrons. The number of carbonyl (C=O) groups excluding carboxylic acids is 3. The molecular formula is C22H25N3O3. The molecule has 1 N–H and O–H groups in total. The number of benzene rings is 2. The van der Waals surface area contributed by atoms with E-state index in [1.54, 1.807) is 36.2 Å². The topological polar surface area (TPSA) is 69.7 Å². The van der Waals surface area contributed by atoms with Crippen LogP contribution in [0.15, 0.2) is 48.5 Å². The maximum atomic E-state index is 12.6. The summed E-state index contributed by atoms with van der Waals surface area (Å²) in [6.45, 7) is 4.46. The standard InChI is InChI=1S/C22H25N3O3/c1-15-4-6-17(7-5-15)13-25-14-18(12-21(25)27)22(28)23-19-8-10-20(11-9-19)24(3)16(2)26/h4-11,18H,12-14H2,1-3H3,(H,23,28). The Balaban J connectivity index is 1.58. The predicted octanol–water partition coefficient (Wildman–Crippen LogP) is 2.96. The van der Waals surface area contributed by atoms with E-state index in [2.05, 4.69) is 5.32 Å². The van der Waals surface area contributed by atoms with E-state index in [1.807, 2.05) is 31.2 Å². The van der Waals surface area contributed by atoms with E-state index in [4.69, 9.17) is 0 Å². The van der Waals surface area contributed by atoms with Gasteiger partial charge in [-0.15, -0.1) is 0 Å². The van der Waals surface area contributed by atoms with Gasteiger partial charge >= 0.3 is 0 Å². The highest BCUT2D eigenvalue weighted by Gasteiger charge is 2.34. The summed E-state index contributed by atoms with van der Waals surface area (Å²) in [7, 11) is 1.70. The Morgan fingerprint density at radius 1 is 1.11 bits per heavy atom. The molecule has 0 bridgehead atoms. The molecular weight excluding hydrogens is 354 g/mol. The first-order valence-corrected chi connectivity index (χ1v) is 9.32. The average molecular weight is 379 g/mol. The molecule has 0 saturated carbocycles. The fourth-order valence-corrected chi connectivity index (χ4v) is 3.21. The average Bonchev–Trinajstić information content (AvgIpc) is 3.04. The molecule has 1 heterocycles. The number of likely N-dealkylation sites (tertiary alicyclic amines) is 1. The number of anilines is 2. The van der Waals surface area contributed by atoms with Crippen LogP contribution in [0, 0.1) is 12.8 Å². The molecule has 0 aliphatic carbocycles. The van der Waals surface area contributed by atoms with E-state index in [0.29, 0.717) is 18.8 Å². The highest BCUT2D eigenvalue weighted by atomic mass is 16.2. The monoisotopic (exact) mass is 379 g/mol. The lowest BCUT2D eigenvalue weighted by atomic mass is 10.1. The van der Waals surface area contributed by atoms with Crippen LogP contribution in [0.5, 0.6) is 0 Å². The molecule has 2 aromatic carbocycles. The van der Waals surface area contributed by atoms with Gasteiger partial charge in [0.15, 0.2) is 0 Å². The number of aryl methyl sites for hydroxylation is 1. The first-order valence-electron chi connectivity index (χ1n) is 9.32. The Labute approximate surface area is 165 Å². The van der Waals surface area contributed by atoms with E-state index in [1.165, 1.54) is 17.4 Å². The zero-order chi connectivity index (χ0) is 20.3. The molecule has 6 heteroatoms. The van der Waals surface area contributed by atoms with Gasteiger partial charge in [0.1, 0.15) is 0 Å². The number of carbonyl (C=O) groups is 3. The highest BCUT2D eigenvalue weighted by molar-refractivity contribution is 5.97. The van der Waals surface area contributed by atoms with Gasteiger partial charge in [-0.25, -0.2) is 0 Å². The van der Waals surface area contributed by atoms with Crippen LogP contribution in [0.4, 0.5) is 11.4 Å². The van der Waals surface area contributed by atoms with Crippen molar-refractivity contribution in [2.24, 2.45) is 5.92 Å². The quantitative estimate of drug-likeness (QED) is 0.868. The minimum absolute atomic E-state index is 0.000782. The molecule has 146 valence electrons. The van der Waals surface area contributed by atoms with Crippen molar-refractivity contribution in [2.75, 3.05) is 23.8 Å². The zero-order valence-corrected chi connectivity index (χ0v) is 16.4. The van der Waals surface area contributed by atoms with E-state index in [9.17, 15) is 14.4 Å². The normalized spacial score (nSPS) is 16.2. The van der Waals surface area contributed by atoms with E-state index >= 15 is 0 Å². The lowest BCUT2D eigenvalue weighted by Gasteiger charge is -2.17. The SMILES string of the molecule is CC(=O)N(C)c1ccc(NC(=O)C2CC(=O)N(Cc3ccc(C)cc3)C2)cc1. The fourth-order valence-electron chi connectivity index (χ4n) is 3.21. The summed E-state index contributed by atoms with van der Waals surface area (Å²) in [6.07, 6.45) is 0.225. The second-order valence-corrected chi connectivity index (χ2v) is 7.28. The van der Waals surface area contributed by atoms with Gasteiger partial charge in [-0.3, -0.25) is 14.4 Å². The van der Waals surface area contributed by atoms with Gasteiger partial charge in [0.2, 0.25) is 17.7 Å². The molecule has 2 aromatic rings.